The van der Waals surface area contributed by atoms with Crippen LogP contribution < -0.4 is 0 Å². The molecular weight excluding hydrogens is 180 g/mol. The Morgan fingerprint density at radius 2 is 2.31 bits per heavy atom. The third-order valence-corrected chi connectivity index (χ3v) is 3.91. The van der Waals surface area contributed by atoms with Gasteiger partial charge in [-0.15, -0.1) is 0 Å². The van der Waals surface area contributed by atoms with Gasteiger partial charge in [0.2, 0.25) is 0 Å². The van der Waals surface area contributed by atoms with Crippen molar-refractivity contribution in [3.8, 4) is 0 Å². The lowest BCUT2D eigenvalue weighted by Crippen LogP contribution is -2.21. The summed E-state index contributed by atoms with van der Waals surface area (Å²) in [5.74, 6) is 0.716. The van der Waals surface area contributed by atoms with Gasteiger partial charge < -0.3 is 9.47 Å². The topological polar surface area (TPSA) is 18.5 Å². The number of hydrogen-bond acceptors (Lipinski definition) is 2. The maximum absolute atomic E-state index is 5.77. The second-order valence-electron chi connectivity index (χ2n) is 4.30. The van der Waals surface area contributed by atoms with Gasteiger partial charge in [-0.05, 0) is 25.7 Å². The van der Waals surface area contributed by atoms with Gasteiger partial charge in [0.15, 0.2) is 0 Å². The molecule has 0 N–H and O–H groups in total. The first kappa shape index (κ1) is 9.68. The summed E-state index contributed by atoms with van der Waals surface area (Å²) >= 11 is 0. The molecule has 2 saturated heterocycles. The van der Waals surface area contributed by atoms with E-state index in [1.807, 2.05) is 0 Å². The van der Waals surface area contributed by atoms with Gasteiger partial charge in [0.25, 0.3) is 0 Å². The molecule has 2 bridgehead atoms. The van der Waals surface area contributed by atoms with Crippen LogP contribution in [0.25, 0.3) is 0 Å². The number of ether oxygens (including phenoxy) is 2. The molecule has 2 fully saturated rings. The summed E-state index contributed by atoms with van der Waals surface area (Å²) in [6, 6.07) is 1.37. The molecule has 76 valence electrons. The lowest BCUT2D eigenvalue weighted by atomic mass is 9.90. The highest BCUT2D eigenvalue weighted by molar-refractivity contribution is 6.08. The third-order valence-electron chi connectivity index (χ3n) is 3.21. The number of fused-ring (bicyclic) bond motifs is 2. The molecule has 0 saturated carbocycles. The fourth-order valence-electron chi connectivity index (χ4n) is 2.40. The molecule has 0 aromatic rings. The van der Waals surface area contributed by atoms with E-state index >= 15 is 0 Å². The van der Waals surface area contributed by atoms with Crippen LogP contribution in [0.5, 0.6) is 0 Å². The fourth-order valence-corrected chi connectivity index (χ4v) is 2.69. The van der Waals surface area contributed by atoms with E-state index in [4.69, 9.17) is 9.47 Å². The van der Waals surface area contributed by atoms with E-state index < -0.39 is 0 Å². The summed E-state index contributed by atoms with van der Waals surface area (Å²) in [4.78, 5) is 0. The van der Waals surface area contributed by atoms with Gasteiger partial charge in [0, 0.05) is 22.8 Å². The Kier molecular flexibility index (Phi) is 3.41. The zero-order chi connectivity index (χ0) is 9.10. The molecule has 2 aliphatic rings. The highest BCUT2D eigenvalue weighted by Crippen LogP contribution is 2.38. The van der Waals surface area contributed by atoms with E-state index in [1.54, 1.807) is 0 Å². The minimum atomic E-state index is 0.543. The van der Waals surface area contributed by atoms with E-state index in [1.165, 1.54) is 42.0 Å². The summed E-state index contributed by atoms with van der Waals surface area (Å²) < 4.78 is 11.4. The minimum Gasteiger partial charge on any atom is -0.381 e. The first-order valence-corrected chi connectivity index (χ1v) is 7.04. The molecule has 2 nitrogen and oxygen atoms in total. The Morgan fingerprint density at radius 3 is 2.92 bits per heavy atom. The highest BCUT2D eigenvalue weighted by Gasteiger charge is 2.40. The smallest absolute Gasteiger partial charge is 0.0630 e. The fraction of sp³-hybridized carbons (Fsp3) is 1.00. The molecule has 0 amide bonds. The Balaban J connectivity index is 1.60. The molecule has 3 unspecified atom stereocenters. The Hall–Kier alpha value is 0.137. The zero-order valence-corrected chi connectivity index (χ0v) is 10.5. The Morgan fingerprint density at radius 1 is 1.38 bits per heavy atom. The van der Waals surface area contributed by atoms with E-state index in [0.717, 1.165) is 13.2 Å². The third kappa shape index (κ3) is 2.33. The first-order chi connectivity index (χ1) is 6.40. The van der Waals surface area contributed by atoms with Crippen molar-refractivity contribution in [2.75, 3.05) is 13.2 Å². The van der Waals surface area contributed by atoms with Gasteiger partial charge in [-0.2, -0.15) is 0 Å². The molecular formula is C10H20O2Si. The van der Waals surface area contributed by atoms with E-state index in [0.29, 0.717) is 18.1 Å². The van der Waals surface area contributed by atoms with Crippen LogP contribution in [-0.4, -0.2) is 35.7 Å². The van der Waals surface area contributed by atoms with Gasteiger partial charge in [0.1, 0.15) is 0 Å². The Bertz CT molecular complexity index is 163. The first-order valence-electron chi connectivity index (χ1n) is 5.63. The zero-order valence-electron chi connectivity index (χ0n) is 8.50. The van der Waals surface area contributed by atoms with Crippen LogP contribution in [0.15, 0.2) is 0 Å². The lowest BCUT2D eigenvalue weighted by molar-refractivity contribution is 0.0517. The van der Waals surface area contributed by atoms with Crippen molar-refractivity contribution in [1.29, 1.82) is 0 Å². The van der Waals surface area contributed by atoms with Gasteiger partial charge in [-0.1, -0.05) is 6.04 Å². The average Bonchev–Trinajstić information content (AvgIpc) is 2.73. The molecule has 0 aromatic heterocycles. The molecule has 0 aromatic carbocycles. The quantitative estimate of drug-likeness (QED) is 0.481. The van der Waals surface area contributed by atoms with Gasteiger partial charge >= 0.3 is 0 Å². The molecule has 13 heavy (non-hydrogen) atoms. The SMILES string of the molecule is [SiH3]CCCOCC1CC2CCC1O2. The molecule has 0 aliphatic carbocycles. The molecule has 3 heteroatoms. The lowest BCUT2D eigenvalue weighted by Gasteiger charge is -2.18. The van der Waals surface area contributed by atoms with Gasteiger partial charge in [-0.25, -0.2) is 0 Å². The number of hydrogen-bond donors (Lipinski definition) is 0. The van der Waals surface area contributed by atoms with Crippen LogP contribution in [0.4, 0.5) is 0 Å². The van der Waals surface area contributed by atoms with Gasteiger partial charge in [-0.3, -0.25) is 0 Å². The molecule has 0 radical (unpaired) electrons. The molecule has 2 rings (SSSR count). The van der Waals surface area contributed by atoms with Crippen LogP contribution in [0.3, 0.4) is 0 Å². The average molecular weight is 200 g/mol. The summed E-state index contributed by atoms with van der Waals surface area (Å²) in [7, 11) is 1.32. The summed E-state index contributed by atoms with van der Waals surface area (Å²) in [5, 5.41) is 0. The number of rotatable bonds is 5. The van der Waals surface area contributed by atoms with Crippen molar-refractivity contribution >= 4 is 10.2 Å². The van der Waals surface area contributed by atoms with Crippen molar-refractivity contribution in [3.63, 3.8) is 0 Å². The van der Waals surface area contributed by atoms with Crippen molar-refractivity contribution < 1.29 is 9.47 Å². The van der Waals surface area contributed by atoms with Crippen LogP contribution in [0.2, 0.25) is 6.04 Å². The summed E-state index contributed by atoms with van der Waals surface area (Å²) in [5.41, 5.74) is 0. The Labute approximate surface area is 83.4 Å². The maximum Gasteiger partial charge on any atom is 0.0630 e. The van der Waals surface area contributed by atoms with Crippen LogP contribution in [-0.2, 0) is 9.47 Å². The maximum atomic E-state index is 5.77. The minimum absolute atomic E-state index is 0.543. The van der Waals surface area contributed by atoms with Crippen LogP contribution >= 0.6 is 0 Å². The molecule has 3 atom stereocenters. The van der Waals surface area contributed by atoms with E-state index in [9.17, 15) is 0 Å². The summed E-state index contributed by atoms with van der Waals surface area (Å²) in [6.45, 7) is 1.92. The van der Waals surface area contributed by atoms with Crippen molar-refractivity contribution in [2.24, 2.45) is 5.92 Å². The second kappa shape index (κ2) is 4.58. The van der Waals surface area contributed by atoms with Crippen molar-refractivity contribution in [2.45, 2.75) is 43.9 Å². The van der Waals surface area contributed by atoms with Crippen LogP contribution in [0.1, 0.15) is 25.7 Å². The normalized spacial score (nSPS) is 37.4. The van der Waals surface area contributed by atoms with E-state index in [-0.39, 0.29) is 0 Å². The standard InChI is InChI=1S/C10H20O2Si/c13-5-1-4-11-7-8-6-9-2-3-10(8)12-9/h8-10H,1-7H2,13H3. The van der Waals surface area contributed by atoms with Crippen molar-refractivity contribution in [3.05, 3.63) is 0 Å². The van der Waals surface area contributed by atoms with Gasteiger partial charge in [0.05, 0.1) is 18.8 Å². The predicted molar refractivity (Wildman–Crippen MR) is 56.2 cm³/mol. The highest BCUT2D eigenvalue weighted by atomic mass is 28.1. The van der Waals surface area contributed by atoms with E-state index in [2.05, 4.69) is 0 Å². The van der Waals surface area contributed by atoms with Crippen molar-refractivity contribution in [1.82, 2.24) is 0 Å². The summed E-state index contributed by atoms with van der Waals surface area (Å²) in [6.07, 6.45) is 6.21. The predicted octanol–water partition coefficient (Wildman–Crippen LogP) is 0.744. The molecule has 2 heterocycles. The molecule has 0 spiro atoms. The van der Waals surface area contributed by atoms with Crippen LogP contribution in [0, 0.1) is 5.92 Å². The molecule has 2 aliphatic heterocycles. The monoisotopic (exact) mass is 200 g/mol. The second-order valence-corrected chi connectivity index (χ2v) is 5.30. The largest absolute Gasteiger partial charge is 0.381 e.